The minimum Gasteiger partial charge on any atom is -0.352 e. The summed E-state index contributed by atoms with van der Waals surface area (Å²) in [6.07, 6.45) is 1.08. The minimum absolute atomic E-state index is 0.0522. The number of carbonyl (C=O) groups is 1. The number of fused-ring (bicyclic) bond motifs is 1. The van der Waals surface area contributed by atoms with E-state index in [-0.39, 0.29) is 5.56 Å². The van der Waals surface area contributed by atoms with Crippen LogP contribution in [-0.2, 0) is 11.7 Å². The number of benzene rings is 2. The number of pyridine rings is 1. The summed E-state index contributed by atoms with van der Waals surface area (Å²) in [5, 5.41) is 6.94. The molecule has 2 heterocycles. The Hall–Kier alpha value is -3.72. The zero-order chi connectivity index (χ0) is 25.3. The molecule has 0 bridgehead atoms. The average molecular weight is 497 g/mol. The first-order valence-corrected chi connectivity index (χ1v) is 11.7. The van der Waals surface area contributed by atoms with Gasteiger partial charge in [0.2, 0.25) is 0 Å². The first-order chi connectivity index (χ1) is 17.3. The van der Waals surface area contributed by atoms with Crippen LogP contribution in [0.1, 0.15) is 40.7 Å². The van der Waals surface area contributed by atoms with E-state index < -0.39 is 29.0 Å². The van der Waals surface area contributed by atoms with Crippen molar-refractivity contribution >= 4 is 16.9 Å². The van der Waals surface area contributed by atoms with Crippen LogP contribution < -0.4 is 10.6 Å². The van der Waals surface area contributed by atoms with Crippen LogP contribution >= 0.6 is 0 Å². The van der Waals surface area contributed by atoms with Gasteiger partial charge >= 0.3 is 6.18 Å². The van der Waals surface area contributed by atoms with E-state index in [0.717, 1.165) is 29.9 Å². The van der Waals surface area contributed by atoms with E-state index >= 15 is 0 Å². The first-order valence-electron chi connectivity index (χ1n) is 11.7. The van der Waals surface area contributed by atoms with Gasteiger partial charge in [0, 0.05) is 29.9 Å². The molecule has 0 atom stereocenters. The summed E-state index contributed by atoms with van der Waals surface area (Å²) in [7, 11) is 0. The Bertz CT molecular complexity index is 1410. The topological polar surface area (TPSA) is 69.8 Å². The third kappa shape index (κ3) is 4.83. The lowest BCUT2D eigenvalue weighted by atomic mass is 10.0. The Labute approximate surface area is 204 Å². The minimum atomic E-state index is -4.38. The van der Waals surface area contributed by atoms with Crippen molar-refractivity contribution in [1.82, 2.24) is 20.6 Å². The lowest BCUT2D eigenvalue weighted by Gasteiger charge is -2.19. The number of carbonyl (C=O) groups excluding carboxylic acids is 1. The third-order valence-corrected chi connectivity index (χ3v) is 6.58. The molecule has 1 aliphatic carbocycles. The van der Waals surface area contributed by atoms with E-state index in [4.69, 9.17) is 0 Å². The van der Waals surface area contributed by atoms with Gasteiger partial charge in [-0.2, -0.15) is 13.2 Å². The number of nitrogens with one attached hydrogen (secondary N) is 3. The second-order valence-corrected chi connectivity index (χ2v) is 8.99. The molecule has 0 unspecified atom stereocenters. The number of alkyl halides is 3. The largest absolute Gasteiger partial charge is 0.416 e. The molecule has 186 valence electrons. The van der Waals surface area contributed by atoms with E-state index in [1.165, 1.54) is 24.3 Å². The van der Waals surface area contributed by atoms with Crippen LogP contribution in [0.15, 0.2) is 67.0 Å². The van der Waals surface area contributed by atoms with Gasteiger partial charge in [0.1, 0.15) is 11.5 Å². The molecule has 0 radical (unpaired) electrons. The van der Waals surface area contributed by atoms with Crippen LogP contribution in [0.2, 0.25) is 0 Å². The van der Waals surface area contributed by atoms with E-state index in [9.17, 15) is 22.4 Å². The van der Waals surface area contributed by atoms with Crippen molar-refractivity contribution in [2.75, 3.05) is 13.1 Å². The molecular weight excluding hydrogens is 472 g/mol. The van der Waals surface area contributed by atoms with Crippen LogP contribution in [0.5, 0.6) is 0 Å². The molecule has 9 heteroatoms. The fourth-order valence-electron chi connectivity index (χ4n) is 4.48. The summed E-state index contributed by atoms with van der Waals surface area (Å²) in [6, 6.07) is 13.5. The van der Waals surface area contributed by atoms with Gasteiger partial charge in [-0.15, -0.1) is 0 Å². The first kappa shape index (κ1) is 24.0. The van der Waals surface area contributed by atoms with Crippen molar-refractivity contribution in [3.8, 4) is 11.1 Å². The van der Waals surface area contributed by atoms with Crippen molar-refractivity contribution in [2.45, 2.75) is 31.0 Å². The molecule has 1 fully saturated rings. The molecule has 1 saturated carbocycles. The van der Waals surface area contributed by atoms with Gasteiger partial charge < -0.3 is 15.6 Å². The van der Waals surface area contributed by atoms with E-state index in [2.05, 4.69) is 20.6 Å². The summed E-state index contributed by atoms with van der Waals surface area (Å²) < 4.78 is 53.6. The fourth-order valence-corrected chi connectivity index (χ4v) is 4.48. The Morgan fingerprint density at radius 2 is 1.89 bits per heavy atom. The molecule has 5 rings (SSSR count). The Morgan fingerprint density at radius 1 is 1.06 bits per heavy atom. The lowest BCUT2D eigenvalue weighted by molar-refractivity contribution is -0.137. The molecule has 5 nitrogen and oxygen atoms in total. The predicted octanol–water partition coefficient (Wildman–Crippen LogP) is 5.79. The number of hydrogen-bond acceptors (Lipinski definition) is 3. The molecule has 1 aliphatic rings. The molecule has 0 spiro atoms. The Balaban J connectivity index is 1.18. The molecule has 2 aromatic carbocycles. The average Bonchev–Trinajstić information content (AvgIpc) is 3.50. The highest BCUT2D eigenvalue weighted by molar-refractivity contribution is 5.98. The summed E-state index contributed by atoms with van der Waals surface area (Å²) in [6.45, 7) is 0.799. The molecular formula is C27H24F4N4O. The predicted molar refractivity (Wildman–Crippen MR) is 129 cm³/mol. The third-order valence-electron chi connectivity index (χ3n) is 6.58. The summed E-state index contributed by atoms with van der Waals surface area (Å²) in [5.74, 6) is -1.14. The second kappa shape index (κ2) is 9.39. The fraction of sp³-hybridized carbons (Fsp3) is 0.259. The highest BCUT2D eigenvalue weighted by Gasteiger charge is 2.44. The molecule has 3 N–H and O–H groups in total. The van der Waals surface area contributed by atoms with Gasteiger partial charge in [0.05, 0.1) is 11.1 Å². The van der Waals surface area contributed by atoms with E-state index in [1.54, 1.807) is 24.5 Å². The summed E-state index contributed by atoms with van der Waals surface area (Å²) in [5.41, 5.74) is 1.69. The molecule has 1 amide bonds. The second-order valence-electron chi connectivity index (χ2n) is 8.99. The highest BCUT2D eigenvalue weighted by atomic mass is 19.4. The zero-order valence-electron chi connectivity index (χ0n) is 19.3. The quantitative estimate of drug-likeness (QED) is 0.214. The monoisotopic (exact) mass is 496 g/mol. The maximum absolute atomic E-state index is 14.5. The molecule has 0 saturated heterocycles. The molecule has 36 heavy (non-hydrogen) atoms. The molecule has 4 aromatic rings. The van der Waals surface area contributed by atoms with Gasteiger partial charge in [0.15, 0.2) is 0 Å². The number of rotatable bonds is 8. The SMILES string of the molecule is O=C(NCCCNC1(c2cccc(C(F)(F)F)c2)CC1)c1cc(-c2ccnc3[nH]ccc23)ccc1F. The van der Waals surface area contributed by atoms with Gasteiger partial charge in [-0.05, 0) is 78.9 Å². The molecule has 2 aromatic heterocycles. The van der Waals surface area contributed by atoms with Gasteiger partial charge in [-0.1, -0.05) is 18.2 Å². The zero-order valence-corrected chi connectivity index (χ0v) is 19.3. The van der Waals surface area contributed by atoms with Gasteiger partial charge in [-0.25, -0.2) is 9.37 Å². The van der Waals surface area contributed by atoms with Gasteiger partial charge in [-0.3, -0.25) is 4.79 Å². The van der Waals surface area contributed by atoms with Crippen LogP contribution in [-0.4, -0.2) is 29.0 Å². The number of H-pyrrole nitrogens is 1. The smallest absolute Gasteiger partial charge is 0.352 e. The number of aromatic nitrogens is 2. The van der Waals surface area contributed by atoms with Crippen molar-refractivity contribution in [3.05, 3.63) is 89.5 Å². The lowest BCUT2D eigenvalue weighted by Crippen LogP contribution is -2.33. The number of nitrogens with zero attached hydrogens (tertiary/aromatic N) is 1. The molecule has 0 aliphatic heterocycles. The Morgan fingerprint density at radius 3 is 2.67 bits per heavy atom. The Kier molecular flexibility index (Phi) is 6.26. The van der Waals surface area contributed by atoms with Crippen LogP contribution in [0.25, 0.3) is 22.2 Å². The van der Waals surface area contributed by atoms with Crippen LogP contribution in [0, 0.1) is 5.82 Å². The summed E-state index contributed by atoms with van der Waals surface area (Å²) in [4.78, 5) is 20.0. The standard InChI is InChI=1S/C27H24F4N4O/c28-23-6-5-17(20-7-13-32-24-21(20)8-14-33-24)15-22(23)25(36)34-11-2-12-35-26(9-10-26)18-3-1-4-19(16-18)27(29,30)31/h1,3-8,13-16,35H,2,9-12H2,(H,32,33)(H,34,36). The van der Waals surface area contributed by atoms with Crippen LogP contribution in [0.4, 0.5) is 17.6 Å². The van der Waals surface area contributed by atoms with E-state index in [0.29, 0.717) is 36.3 Å². The van der Waals surface area contributed by atoms with Crippen molar-refractivity contribution in [3.63, 3.8) is 0 Å². The maximum atomic E-state index is 14.5. The summed E-state index contributed by atoms with van der Waals surface area (Å²) >= 11 is 0. The highest BCUT2D eigenvalue weighted by Crippen LogP contribution is 2.46. The number of amides is 1. The maximum Gasteiger partial charge on any atom is 0.416 e. The van der Waals surface area contributed by atoms with Crippen molar-refractivity contribution < 1.29 is 22.4 Å². The number of halogens is 4. The van der Waals surface area contributed by atoms with Crippen molar-refractivity contribution in [1.29, 1.82) is 0 Å². The normalized spacial score (nSPS) is 14.7. The van der Waals surface area contributed by atoms with Gasteiger partial charge in [0.25, 0.3) is 5.91 Å². The van der Waals surface area contributed by atoms with E-state index in [1.807, 2.05) is 12.1 Å². The number of aromatic amines is 1. The van der Waals surface area contributed by atoms with Crippen LogP contribution in [0.3, 0.4) is 0 Å². The number of hydrogen-bond donors (Lipinski definition) is 3. The van der Waals surface area contributed by atoms with Crippen molar-refractivity contribution in [2.24, 2.45) is 0 Å².